The molecule has 0 amide bonds. The molecule has 1 atom stereocenters. The van der Waals surface area contributed by atoms with Gasteiger partial charge in [0.1, 0.15) is 16.5 Å². The number of pyridine rings is 1. The second-order valence-electron chi connectivity index (χ2n) is 4.76. The molecule has 0 aliphatic heterocycles. The molecule has 108 valence electrons. The van der Waals surface area contributed by atoms with Crippen LogP contribution in [0, 0.1) is 6.92 Å². The first-order chi connectivity index (χ1) is 10.1. The molecule has 0 aliphatic rings. The lowest BCUT2D eigenvalue weighted by Gasteiger charge is -2.19. The fourth-order valence-corrected chi connectivity index (χ4v) is 3.38. The monoisotopic (exact) mass is 362 g/mol. The van der Waals surface area contributed by atoms with Crippen molar-refractivity contribution < 1.29 is 0 Å². The van der Waals surface area contributed by atoms with Crippen molar-refractivity contribution in [2.45, 2.75) is 13.0 Å². The maximum absolute atomic E-state index is 4.49. The number of imidazole rings is 1. The van der Waals surface area contributed by atoms with E-state index in [-0.39, 0.29) is 6.04 Å². The molecule has 0 radical (unpaired) electrons. The van der Waals surface area contributed by atoms with E-state index in [2.05, 4.69) is 48.7 Å². The van der Waals surface area contributed by atoms with Crippen LogP contribution in [0.4, 0.5) is 5.69 Å². The lowest BCUT2D eigenvalue weighted by molar-refractivity contribution is 0.755. The summed E-state index contributed by atoms with van der Waals surface area (Å²) in [7, 11) is 2.01. The summed E-state index contributed by atoms with van der Waals surface area (Å²) in [6.07, 6.45) is 3.79. The Hall–Kier alpha value is -1.66. The Morgan fingerprint density at radius 1 is 1.33 bits per heavy atom. The molecular formula is C15H15BrN4S. The van der Waals surface area contributed by atoms with Crippen LogP contribution in [0.5, 0.6) is 0 Å². The van der Waals surface area contributed by atoms with Gasteiger partial charge in [0.25, 0.3) is 0 Å². The number of nitrogens with one attached hydrogen (secondary N) is 1. The maximum atomic E-state index is 4.49. The van der Waals surface area contributed by atoms with E-state index in [1.54, 1.807) is 11.3 Å². The highest BCUT2D eigenvalue weighted by Gasteiger charge is 2.20. The summed E-state index contributed by atoms with van der Waals surface area (Å²) < 4.78 is 2.88. The number of aromatic nitrogens is 3. The van der Waals surface area contributed by atoms with Gasteiger partial charge in [-0.3, -0.25) is 0 Å². The van der Waals surface area contributed by atoms with Crippen molar-refractivity contribution >= 4 is 33.0 Å². The number of aryl methyl sites for hydroxylation is 2. The number of anilines is 1. The van der Waals surface area contributed by atoms with Crippen LogP contribution in [0.2, 0.25) is 0 Å². The first-order valence-corrected chi connectivity index (χ1v) is 8.22. The summed E-state index contributed by atoms with van der Waals surface area (Å²) >= 11 is 5.12. The van der Waals surface area contributed by atoms with Gasteiger partial charge in [-0.15, -0.1) is 11.3 Å². The molecule has 4 nitrogen and oxygen atoms in total. The second kappa shape index (κ2) is 5.99. The predicted octanol–water partition coefficient (Wildman–Crippen LogP) is 4.15. The van der Waals surface area contributed by atoms with Gasteiger partial charge in [0.2, 0.25) is 0 Å². The fraction of sp³-hybridized carbons (Fsp3) is 0.200. The lowest BCUT2D eigenvalue weighted by Crippen LogP contribution is -2.16. The molecule has 0 spiro atoms. The van der Waals surface area contributed by atoms with Gasteiger partial charge < -0.3 is 9.88 Å². The minimum absolute atomic E-state index is 0.0201. The number of hydrogen-bond donors (Lipinski definition) is 1. The molecule has 0 saturated carbocycles. The standard InChI is InChI=1S/C15H15BrN4S/c1-10-11(5-6-13(16)18-10)19-14(12-4-3-9-21-12)15-17-7-8-20(15)2/h3-9,14,19H,1-2H3. The molecule has 6 heteroatoms. The zero-order chi connectivity index (χ0) is 14.8. The molecule has 0 fully saturated rings. The summed E-state index contributed by atoms with van der Waals surface area (Å²) in [6.45, 7) is 2.00. The van der Waals surface area contributed by atoms with Gasteiger partial charge in [0, 0.05) is 24.3 Å². The van der Waals surface area contributed by atoms with Crippen LogP contribution in [0.15, 0.2) is 46.6 Å². The van der Waals surface area contributed by atoms with E-state index in [1.165, 1.54) is 4.88 Å². The van der Waals surface area contributed by atoms with Crippen LogP contribution in [0.1, 0.15) is 22.4 Å². The second-order valence-corrected chi connectivity index (χ2v) is 6.55. The van der Waals surface area contributed by atoms with E-state index in [9.17, 15) is 0 Å². The largest absolute Gasteiger partial charge is 0.369 e. The van der Waals surface area contributed by atoms with Crippen LogP contribution >= 0.6 is 27.3 Å². The van der Waals surface area contributed by atoms with E-state index in [4.69, 9.17) is 0 Å². The van der Waals surface area contributed by atoms with Gasteiger partial charge in [-0.05, 0) is 46.4 Å². The molecule has 0 aromatic carbocycles. The Balaban J connectivity index is 1.99. The van der Waals surface area contributed by atoms with E-state index in [0.29, 0.717) is 0 Å². The number of thiophene rings is 1. The van der Waals surface area contributed by atoms with Crippen molar-refractivity contribution in [3.8, 4) is 0 Å². The van der Waals surface area contributed by atoms with Gasteiger partial charge in [0.15, 0.2) is 0 Å². The van der Waals surface area contributed by atoms with Crippen molar-refractivity contribution in [3.63, 3.8) is 0 Å². The van der Waals surface area contributed by atoms with Gasteiger partial charge in [-0.1, -0.05) is 6.07 Å². The van der Waals surface area contributed by atoms with Crippen molar-refractivity contribution in [2.24, 2.45) is 7.05 Å². The predicted molar refractivity (Wildman–Crippen MR) is 89.7 cm³/mol. The van der Waals surface area contributed by atoms with Crippen LogP contribution in [-0.4, -0.2) is 14.5 Å². The Morgan fingerprint density at radius 3 is 2.81 bits per heavy atom. The van der Waals surface area contributed by atoms with Gasteiger partial charge in [-0.25, -0.2) is 9.97 Å². The van der Waals surface area contributed by atoms with Crippen molar-refractivity contribution in [1.29, 1.82) is 0 Å². The van der Waals surface area contributed by atoms with Gasteiger partial charge in [0.05, 0.1) is 11.4 Å². The van der Waals surface area contributed by atoms with E-state index in [1.807, 2.05) is 43.1 Å². The SMILES string of the molecule is Cc1nc(Br)ccc1NC(c1cccs1)c1nccn1C. The molecule has 0 aliphatic carbocycles. The Bertz CT molecular complexity index is 736. The summed E-state index contributed by atoms with van der Waals surface area (Å²) in [6, 6.07) is 8.18. The highest BCUT2D eigenvalue weighted by Crippen LogP contribution is 2.30. The summed E-state index contributed by atoms with van der Waals surface area (Å²) in [5, 5.41) is 5.65. The van der Waals surface area contributed by atoms with Crippen LogP contribution in [0.3, 0.4) is 0 Å². The number of halogens is 1. The Kier molecular flexibility index (Phi) is 4.07. The lowest BCUT2D eigenvalue weighted by atomic mass is 10.2. The molecular weight excluding hydrogens is 348 g/mol. The quantitative estimate of drug-likeness (QED) is 0.708. The number of nitrogens with zero attached hydrogens (tertiary/aromatic N) is 3. The smallest absolute Gasteiger partial charge is 0.136 e. The minimum Gasteiger partial charge on any atom is -0.369 e. The third-order valence-corrected chi connectivity index (χ3v) is 4.67. The highest BCUT2D eigenvalue weighted by molar-refractivity contribution is 9.10. The normalized spacial score (nSPS) is 12.3. The van der Waals surface area contributed by atoms with Gasteiger partial charge in [-0.2, -0.15) is 0 Å². The molecule has 3 rings (SSSR count). The average molecular weight is 363 g/mol. The van der Waals surface area contributed by atoms with E-state index in [0.717, 1.165) is 21.8 Å². The highest BCUT2D eigenvalue weighted by atomic mass is 79.9. The molecule has 1 unspecified atom stereocenters. The third-order valence-electron chi connectivity index (χ3n) is 3.30. The zero-order valence-corrected chi connectivity index (χ0v) is 14.1. The van der Waals surface area contributed by atoms with Gasteiger partial charge >= 0.3 is 0 Å². The summed E-state index contributed by atoms with van der Waals surface area (Å²) in [5.41, 5.74) is 1.97. The summed E-state index contributed by atoms with van der Waals surface area (Å²) in [4.78, 5) is 10.2. The molecule has 3 aromatic rings. The van der Waals surface area contributed by atoms with Crippen molar-refractivity contribution in [3.05, 3.63) is 63.0 Å². The Morgan fingerprint density at radius 2 is 2.19 bits per heavy atom. The van der Waals surface area contributed by atoms with Crippen LogP contribution < -0.4 is 5.32 Å². The third kappa shape index (κ3) is 3.01. The van der Waals surface area contributed by atoms with Crippen molar-refractivity contribution in [2.75, 3.05) is 5.32 Å². The number of hydrogen-bond acceptors (Lipinski definition) is 4. The Labute approximate surface area is 136 Å². The fourth-order valence-electron chi connectivity index (χ4n) is 2.21. The molecule has 0 bridgehead atoms. The first-order valence-electron chi connectivity index (χ1n) is 6.55. The molecule has 3 heterocycles. The molecule has 1 N–H and O–H groups in total. The van der Waals surface area contributed by atoms with E-state index < -0.39 is 0 Å². The summed E-state index contributed by atoms with van der Waals surface area (Å²) in [5.74, 6) is 0.986. The topological polar surface area (TPSA) is 42.7 Å². The van der Waals surface area contributed by atoms with E-state index >= 15 is 0 Å². The molecule has 3 aromatic heterocycles. The van der Waals surface area contributed by atoms with Crippen molar-refractivity contribution in [1.82, 2.24) is 14.5 Å². The minimum atomic E-state index is 0.0201. The van der Waals surface area contributed by atoms with Crippen LogP contribution in [0.25, 0.3) is 0 Å². The van der Waals surface area contributed by atoms with Crippen LogP contribution in [-0.2, 0) is 7.05 Å². The first kappa shape index (κ1) is 14.3. The average Bonchev–Trinajstić information content (AvgIpc) is 3.10. The number of rotatable bonds is 4. The molecule has 21 heavy (non-hydrogen) atoms. The maximum Gasteiger partial charge on any atom is 0.136 e. The zero-order valence-electron chi connectivity index (χ0n) is 11.7. The molecule has 0 saturated heterocycles.